The summed E-state index contributed by atoms with van der Waals surface area (Å²) in [6.45, 7) is 0. The molecule has 0 saturated carbocycles. The third-order valence-electron chi connectivity index (χ3n) is 1.09. The van der Waals surface area contributed by atoms with Crippen LogP contribution in [0.15, 0.2) is 5.16 Å². The lowest BCUT2D eigenvalue weighted by Gasteiger charge is -2.21. The molecule has 0 bridgehead atoms. The smallest absolute Gasteiger partial charge is 0.350 e. The molecule has 1 aliphatic rings. The van der Waals surface area contributed by atoms with E-state index in [2.05, 4.69) is 9.99 Å². The number of alkyl halides is 3. The van der Waals surface area contributed by atoms with Crippen molar-refractivity contribution in [3.05, 3.63) is 0 Å². The number of aliphatic hydroxyl groups is 1. The van der Waals surface area contributed by atoms with Gasteiger partial charge in [0.15, 0.2) is 0 Å². The van der Waals surface area contributed by atoms with Gasteiger partial charge in [-0.25, -0.2) is 0 Å². The molecule has 0 fully saturated rings. The van der Waals surface area contributed by atoms with Crippen LogP contribution in [0.1, 0.15) is 6.42 Å². The first-order valence-electron chi connectivity index (χ1n) is 2.45. The Morgan fingerprint density at radius 1 is 1.60 bits per heavy atom. The van der Waals surface area contributed by atoms with Crippen LogP contribution in [0.25, 0.3) is 0 Å². The van der Waals surface area contributed by atoms with Crippen LogP contribution in [-0.4, -0.2) is 23.3 Å². The molecule has 1 atom stereocenters. The molecule has 1 rings (SSSR count). The van der Waals surface area contributed by atoms with Gasteiger partial charge in [0.25, 0.3) is 0 Å². The number of rotatable bonds is 0. The van der Waals surface area contributed by atoms with Crippen LogP contribution in [0.4, 0.5) is 13.2 Å². The molecule has 0 saturated heterocycles. The minimum absolute atomic E-state index is 0.642. The second kappa shape index (κ2) is 1.85. The van der Waals surface area contributed by atoms with E-state index in [0.717, 1.165) is 6.21 Å². The molecule has 0 aliphatic carbocycles. The molecule has 6 heteroatoms. The number of nitrogens with zero attached hydrogens (tertiary/aromatic N) is 1. The highest BCUT2D eigenvalue weighted by Gasteiger charge is 2.58. The third kappa shape index (κ3) is 0.942. The largest absolute Gasteiger partial charge is 0.458 e. The van der Waals surface area contributed by atoms with Crippen LogP contribution in [0.3, 0.4) is 0 Å². The molecule has 1 heterocycles. The normalized spacial score (nSPS) is 32.4. The minimum atomic E-state index is -4.77. The third-order valence-corrected chi connectivity index (χ3v) is 1.09. The highest BCUT2D eigenvalue weighted by atomic mass is 19.4. The lowest BCUT2D eigenvalue weighted by molar-refractivity contribution is -0.355. The van der Waals surface area contributed by atoms with Gasteiger partial charge in [0.1, 0.15) is 0 Å². The predicted molar refractivity (Wildman–Crippen MR) is 25.2 cm³/mol. The highest BCUT2D eigenvalue weighted by Crippen LogP contribution is 2.35. The van der Waals surface area contributed by atoms with Gasteiger partial charge in [-0.1, -0.05) is 5.16 Å². The molecule has 0 aromatic rings. The minimum Gasteiger partial charge on any atom is -0.350 e. The molecule has 1 aliphatic heterocycles. The predicted octanol–water partition coefficient (Wildman–Crippen LogP) is 0.643. The zero-order valence-electron chi connectivity index (χ0n) is 4.72. The summed E-state index contributed by atoms with van der Waals surface area (Å²) in [4.78, 5) is 3.70. The quantitative estimate of drug-likeness (QED) is 0.557. The average Bonchev–Trinajstić information content (AvgIpc) is 2.13. The van der Waals surface area contributed by atoms with Crippen molar-refractivity contribution in [2.75, 3.05) is 0 Å². The van der Waals surface area contributed by atoms with E-state index in [-0.39, 0.29) is 0 Å². The molecule has 0 radical (unpaired) electrons. The molecule has 0 unspecified atom stereocenters. The van der Waals surface area contributed by atoms with Crippen LogP contribution >= 0.6 is 0 Å². The summed E-state index contributed by atoms with van der Waals surface area (Å²) >= 11 is 0. The van der Waals surface area contributed by atoms with Crippen molar-refractivity contribution in [1.29, 1.82) is 0 Å². The Morgan fingerprint density at radius 3 is 2.40 bits per heavy atom. The van der Waals surface area contributed by atoms with Crippen molar-refractivity contribution in [2.24, 2.45) is 5.16 Å². The van der Waals surface area contributed by atoms with E-state index in [9.17, 15) is 13.2 Å². The van der Waals surface area contributed by atoms with Gasteiger partial charge in [-0.15, -0.1) is 0 Å². The van der Waals surface area contributed by atoms with E-state index in [1.165, 1.54) is 0 Å². The molecule has 0 spiro atoms. The van der Waals surface area contributed by atoms with Crippen LogP contribution < -0.4 is 0 Å². The SMILES string of the molecule is O[C@]1(C(F)(F)F)CC=NO1. The molecule has 10 heavy (non-hydrogen) atoms. The molecular formula is C4H4F3NO2. The van der Waals surface area contributed by atoms with Gasteiger partial charge >= 0.3 is 12.0 Å². The summed E-state index contributed by atoms with van der Waals surface area (Å²) in [5.74, 6) is -3.09. The molecule has 0 aromatic heterocycles. The van der Waals surface area contributed by atoms with Gasteiger partial charge in [0, 0.05) is 0 Å². The fourth-order valence-corrected chi connectivity index (χ4v) is 0.490. The number of hydrogen-bond donors (Lipinski definition) is 1. The molecule has 3 nitrogen and oxygen atoms in total. The summed E-state index contributed by atoms with van der Waals surface area (Å²) in [7, 11) is 0. The van der Waals surface area contributed by atoms with Gasteiger partial charge in [0.05, 0.1) is 12.6 Å². The monoisotopic (exact) mass is 155 g/mol. The van der Waals surface area contributed by atoms with Crippen molar-refractivity contribution < 1.29 is 23.1 Å². The van der Waals surface area contributed by atoms with Crippen molar-refractivity contribution >= 4 is 6.21 Å². The zero-order valence-corrected chi connectivity index (χ0v) is 4.72. The maximum atomic E-state index is 11.7. The van der Waals surface area contributed by atoms with E-state index in [0.29, 0.717) is 0 Å². The highest BCUT2D eigenvalue weighted by molar-refractivity contribution is 5.59. The fourth-order valence-electron chi connectivity index (χ4n) is 0.490. The molecule has 58 valence electrons. The van der Waals surface area contributed by atoms with Crippen LogP contribution in [0, 0.1) is 0 Å². The summed E-state index contributed by atoms with van der Waals surface area (Å²) < 4.78 is 35.1. The summed E-state index contributed by atoms with van der Waals surface area (Å²) in [5, 5.41) is 11.4. The Hall–Kier alpha value is -0.780. The second-order valence-electron chi connectivity index (χ2n) is 1.87. The Morgan fingerprint density at radius 2 is 2.20 bits per heavy atom. The Balaban J connectivity index is 2.71. The van der Waals surface area contributed by atoms with Gasteiger partial charge in [-0.2, -0.15) is 13.2 Å². The van der Waals surface area contributed by atoms with E-state index in [1.807, 2.05) is 0 Å². The molecule has 0 amide bonds. The summed E-state index contributed by atoms with van der Waals surface area (Å²) in [5.41, 5.74) is 0. The van der Waals surface area contributed by atoms with E-state index < -0.39 is 18.4 Å². The maximum Gasteiger partial charge on any atom is 0.458 e. The van der Waals surface area contributed by atoms with Gasteiger partial charge in [-0.05, 0) is 0 Å². The van der Waals surface area contributed by atoms with E-state index >= 15 is 0 Å². The lowest BCUT2D eigenvalue weighted by Crippen LogP contribution is -2.44. The Kier molecular flexibility index (Phi) is 1.36. The number of hydrogen-bond acceptors (Lipinski definition) is 3. The van der Waals surface area contributed by atoms with Gasteiger partial charge in [0.2, 0.25) is 0 Å². The molecule has 0 aromatic carbocycles. The van der Waals surface area contributed by atoms with Crippen LogP contribution in [0.5, 0.6) is 0 Å². The Bertz CT molecular complexity index is 156. The fraction of sp³-hybridized carbons (Fsp3) is 0.750. The number of halogens is 3. The van der Waals surface area contributed by atoms with E-state index in [1.54, 1.807) is 0 Å². The number of oxime groups is 1. The van der Waals surface area contributed by atoms with Crippen molar-refractivity contribution in [1.82, 2.24) is 0 Å². The molecular weight excluding hydrogens is 151 g/mol. The second-order valence-corrected chi connectivity index (χ2v) is 1.87. The van der Waals surface area contributed by atoms with Crippen LogP contribution in [0.2, 0.25) is 0 Å². The maximum absolute atomic E-state index is 11.7. The summed E-state index contributed by atoms with van der Waals surface area (Å²) in [6.07, 6.45) is -4.55. The zero-order chi connectivity index (χ0) is 7.83. The van der Waals surface area contributed by atoms with Crippen LogP contribution in [-0.2, 0) is 4.84 Å². The first kappa shape index (κ1) is 7.33. The first-order valence-corrected chi connectivity index (χ1v) is 2.45. The standard InChI is InChI=1S/C4H4F3NO2/c5-4(6,7)3(9)1-2-8-10-3/h2,9H,1H2/t3-/m1/s1. The Labute approximate surface area is 54.1 Å². The van der Waals surface area contributed by atoms with E-state index in [4.69, 9.17) is 5.11 Å². The van der Waals surface area contributed by atoms with Gasteiger partial charge < -0.3 is 9.94 Å². The average molecular weight is 155 g/mol. The van der Waals surface area contributed by atoms with Gasteiger partial charge in [-0.3, -0.25) is 0 Å². The molecule has 1 N–H and O–H groups in total. The topological polar surface area (TPSA) is 41.8 Å². The van der Waals surface area contributed by atoms with Crippen molar-refractivity contribution in [2.45, 2.75) is 18.4 Å². The first-order chi connectivity index (χ1) is 4.46. The lowest BCUT2D eigenvalue weighted by atomic mass is 10.2. The van der Waals surface area contributed by atoms with Crippen molar-refractivity contribution in [3.8, 4) is 0 Å². The van der Waals surface area contributed by atoms with Crippen molar-refractivity contribution in [3.63, 3.8) is 0 Å². The summed E-state index contributed by atoms with van der Waals surface area (Å²) in [6, 6.07) is 0.